The minimum Gasteiger partial charge on any atom is -0.485 e. The number of nitrogens with one attached hydrogen (secondary N) is 1. The average molecular weight is 367 g/mol. The van der Waals surface area contributed by atoms with Gasteiger partial charge >= 0.3 is 6.03 Å². The van der Waals surface area contributed by atoms with Crippen LogP contribution in [0.1, 0.15) is 5.82 Å². The van der Waals surface area contributed by atoms with Gasteiger partial charge in [-0.15, -0.1) is 0 Å². The monoisotopic (exact) mass is 367 g/mol. The number of nitrogens with zero attached hydrogens (tertiary/aromatic N) is 4. The fraction of sp³-hybridized carbons (Fsp3) is 0.211. The van der Waals surface area contributed by atoms with Crippen LogP contribution in [0.15, 0.2) is 48.5 Å². The van der Waals surface area contributed by atoms with Crippen molar-refractivity contribution in [1.29, 1.82) is 0 Å². The smallest absolute Gasteiger partial charge is 0.321 e. The molecule has 0 spiro atoms. The quantitative estimate of drug-likeness (QED) is 0.753. The molecule has 1 N–H and O–H groups in total. The van der Waals surface area contributed by atoms with Crippen molar-refractivity contribution in [2.45, 2.75) is 6.61 Å². The van der Waals surface area contributed by atoms with E-state index in [4.69, 9.17) is 4.74 Å². The van der Waals surface area contributed by atoms with Crippen LogP contribution < -0.4 is 15.0 Å². The Kier molecular flexibility index (Phi) is 4.45. The molecule has 0 unspecified atom stereocenters. The predicted molar refractivity (Wildman–Crippen MR) is 97.9 cm³/mol. The molecule has 1 saturated heterocycles. The van der Waals surface area contributed by atoms with E-state index in [1.165, 1.54) is 12.1 Å². The topological polar surface area (TPSA) is 72.3 Å². The molecule has 1 fully saturated rings. The lowest BCUT2D eigenvalue weighted by atomic mass is 10.2. The van der Waals surface area contributed by atoms with Crippen molar-refractivity contribution in [1.82, 2.24) is 20.1 Å². The predicted octanol–water partition coefficient (Wildman–Crippen LogP) is 2.73. The summed E-state index contributed by atoms with van der Waals surface area (Å²) in [5, 5.41) is 7.15. The zero-order chi connectivity index (χ0) is 18.8. The molecule has 138 valence electrons. The Morgan fingerprint density at radius 3 is 2.85 bits per heavy atom. The largest absolute Gasteiger partial charge is 0.485 e. The Balaban J connectivity index is 1.54. The molecule has 1 aliphatic rings. The highest BCUT2D eigenvalue weighted by Gasteiger charge is 2.21. The Hall–Kier alpha value is -3.42. The minimum atomic E-state index is -0.357. The van der Waals surface area contributed by atoms with Gasteiger partial charge in [-0.2, -0.15) is 5.10 Å². The lowest BCUT2D eigenvalue weighted by Gasteiger charge is -2.14. The second-order valence-electron chi connectivity index (χ2n) is 6.16. The lowest BCUT2D eigenvalue weighted by molar-refractivity contribution is 0.252. The number of rotatable bonds is 5. The summed E-state index contributed by atoms with van der Waals surface area (Å²) in [6, 6.07) is 13.4. The van der Waals surface area contributed by atoms with E-state index in [1.807, 2.05) is 24.3 Å². The molecule has 8 heteroatoms. The first-order valence-corrected chi connectivity index (χ1v) is 8.54. The first-order chi connectivity index (χ1) is 13.1. The number of aryl methyl sites for hydroxylation is 1. The number of amides is 2. The number of anilines is 1. The molecule has 3 aromatic rings. The molecule has 0 radical (unpaired) electrons. The molecule has 2 aromatic carbocycles. The van der Waals surface area contributed by atoms with Gasteiger partial charge in [0.25, 0.3) is 0 Å². The van der Waals surface area contributed by atoms with Gasteiger partial charge in [0.15, 0.2) is 11.6 Å². The molecule has 1 aromatic heterocycles. The van der Waals surface area contributed by atoms with E-state index in [2.05, 4.69) is 15.4 Å². The minimum absolute atomic E-state index is 0.103. The fourth-order valence-corrected chi connectivity index (χ4v) is 2.99. The zero-order valence-corrected chi connectivity index (χ0v) is 14.7. The number of hydrogen-bond acceptors (Lipinski definition) is 4. The van der Waals surface area contributed by atoms with E-state index in [9.17, 15) is 9.18 Å². The summed E-state index contributed by atoms with van der Waals surface area (Å²) in [5.74, 6) is 1.21. The van der Waals surface area contributed by atoms with Crippen LogP contribution in [0.5, 0.6) is 5.75 Å². The van der Waals surface area contributed by atoms with Crippen LogP contribution in [0.25, 0.3) is 11.4 Å². The molecular weight excluding hydrogens is 349 g/mol. The summed E-state index contributed by atoms with van der Waals surface area (Å²) in [4.78, 5) is 18.1. The van der Waals surface area contributed by atoms with Crippen LogP contribution in [-0.2, 0) is 13.7 Å². The number of benzene rings is 2. The van der Waals surface area contributed by atoms with E-state index in [0.29, 0.717) is 30.5 Å². The summed E-state index contributed by atoms with van der Waals surface area (Å²) in [5.41, 5.74) is 1.65. The maximum Gasteiger partial charge on any atom is 0.321 e. The normalized spacial score (nSPS) is 13.7. The van der Waals surface area contributed by atoms with Crippen molar-refractivity contribution < 1.29 is 13.9 Å². The molecule has 27 heavy (non-hydrogen) atoms. The third-order valence-electron chi connectivity index (χ3n) is 4.24. The van der Waals surface area contributed by atoms with Crippen LogP contribution in [0.3, 0.4) is 0 Å². The maximum absolute atomic E-state index is 13.2. The highest BCUT2D eigenvalue weighted by atomic mass is 19.1. The number of carbonyl (C=O) groups excluding carboxylic acids is 1. The van der Waals surface area contributed by atoms with Crippen molar-refractivity contribution in [3.05, 3.63) is 60.2 Å². The van der Waals surface area contributed by atoms with Crippen LogP contribution >= 0.6 is 0 Å². The van der Waals surface area contributed by atoms with Gasteiger partial charge in [-0.1, -0.05) is 18.2 Å². The summed E-state index contributed by atoms with van der Waals surface area (Å²) < 4.78 is 20.4. The van der Waals surface area contributed by atoms with Crippen LogP contribution in [-0.4, -0.2) is 33.9 Å². The van der Waals surface area contributed by atoms with E-state index in [1.54, 1.807) is 28.8 Å². The van der Waals surface area contributed by atoms with Gasteiger partial charge in [-0.05, 0) is 24.3 Å². The fourth-order valence-electron chi connectivity index (χ4n) is 2.99. The molecule has 1 aliphatic heterocycles. The highest BCUT2D eigenvalue weighted by Crippen LogP contribution is 2.24. The SMILES string of the molecule is Cn1nc(COc2cccc(F)c2)nc1-c1cccc(N2CCNC2=O)c1. The van der Waals surface area contributed by atoms with Crippen molar-refractivity contribution in [2.75, 3.05) is 18.0 Å². The Bertz CT molecular complexity index is 988. The molecule has 2 heterocycles. The summed E-state index contributed by atoms with van der Waals surface area (Å²) >= 11 is 0. The van der Waals surface area contributed by atoms with Gasteiger partial charge < -0.3 is 10.1 Å². The second-order valence-corrected chi connectivity index (χ2v) is 6.16. The van der Waals surface area contributed by atoms with Crippen molar-refractivity contribution >= 4 is 11.7 Å². The molecular formula is C19H18FN5O2. The van der Waals surface area contributed by atoms with E-state index in [-0.39, 0.29) is 18.5 Å². The molecule has 0 atom stereocenters. The number of halogens is 1. The Labute approximate surface area is 155 Å². The van der Waals surface area contributed by atoms with Gasteiger partial charge in [-0.25, -0.2) is 18.9 Å². The van der Waals surface area contributed by atoms with E-state index in [0.717, 1.165) is 11.3 Å². The summed E-state index contributed by atoms with van der Waals surface area (Å²) in [7, 11) is 1.79. The van der Waals surface area contributed by atoms with Crippen molar-refractivity contribution in [2.24, 2.45) is 7.05 Å². The van der Waals surface area contributed by atoms with Gasteiger partial charge in [0.05, 0.1) is 0 Å². The third-order valence-corrected chi connectivity index (χ3v) is 4.24. The second kappa shape index (κ2) is 7.06. The number of ether oxygens (including phenoxy) is 1. The Morgan fingerprint density at radius 1 is 1.22 bits per heavy atom. The maximum atomic E-state index is 13.2. The van der Waals surface area contributed by atoms with E-state index >= 15 is 0 Å². The zero-order valence-electron chi connectivity index (χ0n) is 14.7. The molecule has 0 saturated carbocycles. The van der Waals surface area contributed by atoms with Crippen LogP contribution in [0.4, 0.5) is 14.9 Å². The standard InChI is InChI=1S/C19H18FN5O2/c1-24-18(13-4-2-6-15(10-13)25-9-8-21-19(25)26)22-17(23-24)12-27-16-7-3-5-14(20)11-16/h2-7,10-11H,8-9,12H2,1H3,(H,21,26). The highest BCUT2D eigenvalue weighted by molar-refractivity contribution is 5.94. The summed E-state index contributed by atoms with van der Waals surface area (Å²) in [6.45, 7) is 1.40. The number of aromatic nitrogens is 3. The molecule has 4 rings (SSSR count). The van der Waals surface area contributed by atoms with Crippen molar-refractivity contribution in [3.63, 3.8) is 0 Å². The average Bonchev–Trinajstić information content (AvgIpc) is 3.26. The lowest BCUT2D eigenvalue weighted by Crippen LogP contribution is -2.27. The Morgan fingerprint density at radius 2 is 2.07 bits per heavy atom. The summed E-state index contributed by atoms with van der Waals surface area (Å²) in [6.07, 6.45) is 0. The van der Waals surface area contributed by atoms with Crippen LogP contribution in [0, 0.1) is 5.82 Å². The first kappa shape index (κ1) is 17.0. The third kappa shape index (κ3) is 3.59. The molecule has 2 amide bonds. The van der Waals surface area contributed by atoms with Gasteiger partial charge in [0, 0.05) is 37.5 Å². The molecule has 7 nitrogen and oxygen atoms in total. The van der Waals surface area contributed by atoms with Gasteiger partial charge in [-0.3, -0.25) is 4.90 Å². The number of hydrogen-bond donors (Lipinski definition) is 1. The van der Waals surface area contributed by atoms with Gasteiger partial charge in [0.1, 0.15) is 18.2 Å². The number of urea groups is 1. The number of carbonyl (C=O) groups is 1. The molecule has 0 aliphatic carbocycles. The van der Waals surface area contributed by atoms with E-state index < -0.39 is 0 Å². The van der Waals surface area contributed by atoms with Gasteiger partial charge in [0.2, 0.25) is 0 Å². The first-order valence-electron chi connectivity index (χ1n) is 8.54. The van der Waals surface area contributed by atoms with Crippen LogP contribution in [0.2, 0.25) is 0 Å². The molecule has 0 bridgehead atoms. The van der Waals surface area contributed by atoms with Crippen molar-refractivity contribution in [3.8, 4) is 17.1 Å².